The Kier molecular flexibility index (Phi) is 3.09. The average Bonchev–Trinajstić information content (AvgIpc) is 2.08. The molecule has 0 spiro atoms. The van der Waals surface area contributed by atoms with Crippen molar-refractivity contribution in [3.05, 3.63) is 0 Å². The highest BCUT2D eigenvalue weighted by Crippen LogP contribution is 2.27. The molecule has 1 rings (SSSR count). The number of rotatable bonds is 1. The maximum atomic E-state index is 11.3. The molecule has 12 heavy (non-hydrogen) atoms. The van der Waals surface area contributed by atoms with Gasteiger partial charge in [0.25, 0.3) is 0 Å². The lowest BCUT2D eigenvalue weighted by molar-refractivity contribution is -0.126. The Morgan fingerprint density at radius 2 is 2.17 bits per heavy atom. The highest BCUT2D eigenvalue weighted by atomic mass is 16.1. The fourth-order valence-corrected chi connectivity index (χ4v) is 1.89. The van der Waals surface area contributed by atoms with Crippen molar-refractivity contribution in [3.63, 3.8) is 0 Å². The van der Waals surface area contributed by atoms with Crippen LogP contribution in [0.4, 0.5) is 0 Å². The zero-order chi connectivity index (χ0) is 9.14. The van der Waals surface area contributed by atoms with E-state index in [0.29, 0.717) is 5.92 Å². The molecule has 1 aliphatic rings. The van der Waals surface area contributed by atoms with Crippen LogP contribution in [-0.2, 0) is 4.79 Å². The molecule has 0 bridgehead atoms. The molecule has 0 aliphatic heterocycles. The molecule has 70 valence electrons. The molecule has 1 fully saturated rings. The second kappa shape index (κ2) is 3.90. The monoisotopic (exact) mass is 170 g/mol. The topological polar surface area (TPSA) is 55.1 Å². The van der Waals surface area contributed by atoms with Crippen molar-refractivity contribution in [3.8, 4) is 0 Å². The van der Waals surface area contributed by atoms with Gasteiger partial charge in [0.2, 0.25) is 5.91 Å². The van der Waals surface area contributed by atoms with E-state index in [1.807, 2.05) is 0 Å². The normalized spacial score (nSPS) is 36.1. The van der Waals surface area contributed by atoms with Gasteiger partial charge in [-0.25, -0.2) is 0 Å². The minimum absolute atomic E-state index is 0.0405. The largest absolute Gasteiger partial charge is 0.359 e. The Hall–Kier alpha value is -0.570. The van der Waals surface area contributed by atoms with E-state index in [9.17, 15) is 4.79 Å². The van der Waals surface area contributed by atoms with Crippen molar-refractivity contribution < 1.29 is 4.79 Å². The molecule has 0 aromatic carbocycles. The molecule has 0 saturated heterocycles. The number of amides is 1. The molecule has 3 atom stereocenters. The van der Waals surface area contributed by atoms with E-state index in [1.54, 1.807) is 7.05 Å². The summed E-state index contributed by atoms with van der Waals surface area (Å²) in [5, 5.41) is 2.67. The van der Waals surface area contributed by atoms with E-state index >= 15 is 0 Å². The number of carbonyl (C=O) groups is 1. The quantitative estimate of drug-likeness (QED) is 0.602. The van der Waals surface area contributed by atoms with Gasteiger partial charge < -0.3 is 11.1 Å². The van der Waals surface area contributed by atoms with Crippen molar-refractivity contribution in [1.82, 2.24) is 5.32 Å². The molecule has 0 radical (unpaired) electrons. The maximum Gasteiger partial charge on any atom is 0.224 e. The fourth-order valence-electron chi connectivity index (χ4n) is 1.89. The van der Waals surface area contributed by atoms with Crippen LogP contribution in [0.5, 0.6) is 0 Å². The predicted octanol–water partition coefficient (Wildman–Crippen LogP) is 0.496. The summed E-state index contributed by atoms with van der Waals surface area (Å²) in [6, 6.07) is 0.0705. The SMILES string of the molecule is CNC(=O)C1CC(C)CCC1N. The second-order valence-electron chi connectivity index (χ2n) is 3.80. The first-order chi connectivity index (χ1) is 5.65. The van der Waals surface area contributed by atoms with Crippen LogP contribution >= 0.6 is 0 Å². The third kappa shape index (κ3) is 1.97. The molecule has 3 N–H and O–H groups in total. The van der Waals surface area contributed by atoms with Crippen molar-refractivity contribution in [2.45, 2.75) is 32.2 Å². The molecule has 0 aromatic rings. The zero-order valence-electron chi connectivity index (χ0n) is 7.84. The third-order valence-electron chi connectivity index (χ3n) is 2.75. The van der Waals surface area contributed by atoms with Crippen LogP contribution in [0.3, 0.4) is 0 Å². The van der Waals surface area contributed by atoms with Crippen molar-refractivity contribution in [2.75, 3.05) is 7.05 Å². The van der Waals surface area contributed by atoms with Crippen molar-refractivity contribution in [1.29, 1.82) is 0 Å². The minimum Gasteiger partial charge on any atom is -0.359 e. The zero-order valence-corrected chi connectivity index (χ0v) is 7.84. The Balaban J connectivity index is 2.54. The van der Waals surface area contributed by atoms with Crippen LogP contribution in [0, 0.1) is 11.8 Å². The lowest BCUT2D eigenvalue weighted by Gasteiger charge is -2.30. The van der Waals surface area contributed by atoms with Gasteiger partial charge in [-0.05, 0) is 25.2 Å². The summed E-state index contributed by atoms with van der Waals surface area (Å²) >= 11 is 0. The van der Waals surface area contributed by atoms with Gasteiger partial charge in [-0.3, -0.25) is 4.79 Å². The highest BCUT2D eigenvalue weighted by Gasteiger charge is 2.30. The highest BCUT2D eigenvalue weighted by molar-refractivity contribution is 5.79. The maximum absolute atomic E-state index is 11.3. The summed E-state index contributed by atoms with van der Waals surface area (Å²) in [5.74, 6) is 0.792. The lowest BCUT2D eigenvalue weighted by Crippen LogP contribution is -2.44. The Morgan fingerprint density at radius 1 is 1.50 bits per heavy atom. The van der Waals surface area contributed by atoms with Crippen LogP contribution < -0.4 is 11.1 Å². The van der Waals surface area contributed by atoms with E-state index in [0.717, 1.165) is 19.3 Å². The number of hydrogen-bond donors (Lipinski definition) is 2. The summed E-state index contributed by atoms with van der Waals surface area (Å²) in [4.78, 5) is 11.3. The van der Waals surface area contributed by atoms with Crippen LogP contribution in [0.2, 0.25) is 0 Å². The van der Waals surface area contributed by atoms with Crippen LogP contribution in [0.15, 0.2) is 0 Å². The van der Waals surface area contributed by atoms with Crippen LogP contribution in [-0.4, -0.2) is 19.0 Å². The van der Waals surface area contributed by atoms with Crippen LogP contribution in [0.25, 0.3) is 0 Å². The average molecular weight is 170 g/mol. The summed E-state index contributed by atoms with van der Waals surface area (Å²) in [6.07, 6.45) is 3.09. The standard InChI is InChI=1S/C9H18N2O/c1-6-3-4-8(10)7(5-6)9(12)11-2/h6-8H,3-5,10H2,1-2H3,(H,11,12). The van der Waals surface area contributed by atoms with Crippen molar-refractivity contribution in [2.24, 2.45) is 17.6 Å². The number of carbonyl (C=O) groups excluding carboxylic acids is 1. The Labute approximate surface area is 73.7 Å². The first kappa shape index (κ1) is 9.52. The van der Waals surface area contributed by atoms with Gasteiger partial charge in [-0.15, -0.1) is 0 Å². The van der Waals surface area contributed by atoms with Gasteiger partial charge >= 0.3 is 0 Å². The van der Waals surface area contributed by atoms with Gasteiger partial charge in [0.05, 0.1) is 5.92 Å². The first-order valence-electron chi connectivity index (χ1n) is 4.62. The van der Waals surface area contributed by atoms with Gasteiger partial charge in [0.1, 0.15) is 0 Å². The molecule has 0 aromatic heterocycles. The van der Waals surface area contributed by atoms with Gasteiger partial charge in [-0.1, -0.05) is 6.92 Å². The molecule has 0 heterocycles. The smallest absolute Gasteiger partial charge is 0.224 e. The molecule has 1 aliphatic carbocycles. The third-order valence-corrected chi connectivity index (χ3v) is 2.75. The van der Waals surface area contributed by atoms with Gasteiger partial charge in [0, 0.05) is 13.1 Å². The van der Waals surface area contributed by atoms with Crippen LogP contribution in [0.1, 0.15) is 26.2 Å². The van der Waals surface area contributed by atoms with E-state index in [2.05, 4.69) is 12.2 Å². The molecular formula is C9H18N2O. The Morgan fingerprint density at radius 3 is 2.75 bits per heavy atom. The van der Waals surface area contributed by atoms with E-state index in [1.165, 1.54) is 0 Å². The summed E-state index contributed by atoms with van der Waals surface area (Å²) in [5.41, 5.74) is 5.86. The van der Waals surface area contributed by atoms with Gasteiger partial charge in [-0.2, -0.15) is 0 Å². The number of nitrogens with two attached hydrogens (primary N) is 1. The molecule has 3 heteroatoms. The predicted molar refractivity (Wildman–Crippen MR) is 48.5 cm³/mol. The molecule has 1 amide bonds. The van der Waals surface area contributed by atoms with E-state index in [-0.39, 0.29) is 17.9 Å². The molecule has 1 saturated carbocycles. The Bertz CT molecular complexity index is 170. The minimum atomic E-state index is 0.0405. The van der Waals surface area contributed by atoms with E-state index < -0.39 is 0 Å². The molecule has 3 unspecified atom stereocenters. The van der Waals surface area contributed by atoms with Gasteiger partial charge in [0.15, 0.2) is 0 Å². The number of hydrogen-bond acceptors (Lipinski definition) is 2. The molecule has 3 nitrogen and oxygen atoms in total. The molecular weight excluding hydrogens is 152 g/mol. The van der Waals surface area contributed by atoms with E-state index in [4.69, 9.17) is 5.73 Å². The first-order valence-corrected chi connectivity index (χ1v) is 4.62. The van der Waals surface area contributed by atoms with Crippen molar-refractivity contribution >= 4 is 5.91 Å². The second-order valence-corrected chi connectivity index (χ2v) is 3.80. The summed E-state index contributed by atoms with van der Waals surface area (Å²) in [7, 11) is 1.67. The lowest BCUT2D eigenvalue weighted by atomic mass is 9.79. The number of nitrogens with one attached hydrogen (secondary N) is 1. The fraction of sp³-hybridized carbons (Fsp3) is 0.889. The summed E-state index contributed by atoms with van der Waals surface area (Å²) in [6.45, 7) is 2.18. The summed E-state index contributed by atoms with van der Waals surface area (Å²) < 4.78 is 0.